The largest absolute Gasteiger partial charge is 0.375 e. The maximum atomic E-state index is 11.9. The zero-order valence-electron chi connectivity index (χ0n) is 12.7. The Morgan fingerprint density at radius 2 is 2.10 bits per heavy atom. The topological polar surface area (TPSA) is 64.4 Å². The van der Waals surface area contributed by atoms with E-state index in [4.69, 9.17) is 10.5 Å². The number of primary amides is 1. The van der Waals surface area contributed by atoms with E-state index in [1.54, 1.807) is 0 Å². The van der Waals surface area contributed by atoms with Gasteiger partial charge in [0.1, 0.15) is 0 Å². The van der Waals surface area contributed by atoms with Crippen LogP contribution in [0.15, 0.2) is 0 Å². The van der Waals surface area contributed by atoms with E-state index in [2.05, 4.69) is 19.2 Å². The number of rotatable bonds is 2. The lowest BCUT2D eigenvalue weighted by molar-refractivity contribution is -0.154. The number of hydrogen-bond acceptors (Lipinski definition) is 3. The van der Waals surface area contributed by atoms with Crippen LogP contribution in [0.5, 0.6) is 0 Å². The summed E-state index contributed by atoms with van der Waals surface area (Å²) in [5.41, 5.74) is 5.84. The highest BCUT2D eigenvalue weighted by molar-refractivity contribution is 5.78. The summed E-state index contributed by atoms with van der Waals surface area (Å²) in [5.74, 6) is 0.767. The van der Waals surface area contributed by atoms with Crippen LogP contribution in [0.4, 0.5) is 0 Å². The van der Waals surface area contributed by atoms with Crippen LogP contribution in [-0.4, -0.2) is 30.2 Å². The molecule has 2 heterocycles. The Morgan fingerprint density at radius 3 is 2.70 bits per heavy atom. The molecule has 0 radical (unpaired) electrons. The molecule has 114 valence electrons. The minimum Gasteiger partial charge on any atom is -0.375 e. The normalized spacial score (nSPS) is 44.0. The summed E-state index contributed by atoms with van der Waals surface area (Å²) < 4.78 is 6.03. The van der Waals surface area contributed by atoms with Crippen LogP contribution in [0.1, 0.15) is 52.4 Å². The lowest BCUT2D eigenvalue weighted by Crippen LogP contribution is -2.60. The molecule has 2 saturated heterocycles. The fourth-order valence-electron chi connectivity index (χ4n) is 4.74. The van der Waals surface area contributed by atoms with Gasteiger partial charge < -0.3 is 15.8 Å². The number of ether oxygens (including phenoxy) is 1. The summed E-state index contributed by atoms with van der Waals surface area (Å²) in [7, 11) is 0. The second kappa shape index (κ2) is 5.30. The van der Waals surface area contributed by atoms with Gasteiger partial charge in [0.05, 0.1) is 11.5 Å². The van der Waals surface area contributed by atoms with Crippen LogP contribution in [-0.2, 0) is 9.53 Å². The minimum atomic E-state index is -0.129. The van der Waals surface area contributed by atoms with E-state index in [1.165, 1.54) is 19.3 Å². The van der Waals surface area contributed by atoms with Gasteiger partial charge in [-0.2, -0.15) is 0 Å². The van der Waals surface area contributed by atoms with E-state index in [-0.39, 0.29) is 23.5 Å². The molecule has 0 bridgehead atoms. The van der Waals surface area contributed by atoms with Gasteiger partial charge in [-0.25, -0.2) is 0 Å². The summed E-state index contributed by atoms with van der Waals surface area (Å²) in [5, 5.41) is 3.68. The van der Waals surface area contributed by atoms with Gasteiger partial charge in [0.2, 0.25) is 5.91 Å². The first kappa shape index (κ1) is 14.3. The van der Waals surface area contributed by atoms with Crippen molar-refractivity contribution in [1.82, 2.24) is 5.32 Å². The molecule has 4 nitrogen and oxygen atoms in total. The van der Waals surface area contributed by atoms with Crippen molar-refractivity contribution in [2.75, 3.05) is 6.61 Å². The number of piperidine rings is 1. The fraction of sp³-hybridized carbons (Fsp3) is 0.938. The van der Waals surface area contributed by atoms with Gasteiger partial charge in [-0.15, -0.1) is 0 Å². The summed E-state index contributed by atoms with van der Waals surface area (Å²) in [6, 6.07) is 0.721. The van der Waals surface area contributed by atoms with Crippen molar-refractivity contribution in [3.63, 3.8) is 0 Å². The van der Waals surface area contributed by atoms with Gasteiger partial charge in [0, 0.05) is 18.7 Å². The molecule has 5 atom stereocenters. The van der Waals surface area contributed by atoms with Crippen molar-refractivity contribution in [2.24, 2.45) is 23.5 Å². The lowest BCUT2D eigenvalue weighted by atomic mass is 9.66. The first-order valence-corrected chi connectivity index (χ1v) is 8.20. The van der Waals surface area contributed by atoms with Gasteiger partial charge in [-0.05, 0) is 57.3 Å². The molecular weight excluding hydrogens is 252 g/mol. The quantitative estimate of drug-likeness (QED) is 0.811. The third-order valence-electron chi connectivity index (χ3n) is 5.83. The van der Waals surface area contributed by atoms with Crippen LogP contribution >= 0.6 is 0 Å². The molecule has 3 rings (SSSR count). The van der Waals surface area contributed by atoms with Gasteiger partial charge >= 0.3 is 0 Å². The third-order valence-corrected chi connectivity index (χ3v) is 5.83. The van der Waals surface area contributed by atoms with Crippen molar-refractivity contribution in [1.29, 1.82) is 0 Å². The highest BCUT2D eigenvalue weighted by atomic mass is 16.5. The fourth-order valence-corrected chi connectivity index (χ4v) is 4.74. The summed E-state index contributed by atoms with van der Waals surface area (Å²) in [6.07, 6.45) is 6.89. The van der Waals surface area contributed by atoms with Crippen molar-refractivity contribution in [3.8, 4) is 0 Å². The van der Waals surface area contributed by atoms with Crippen LogP contribution < -0.4 is 11.1 Å². The van der Waals surface area contributed by atoms with E-state index in [9.17, 15) is 4.79 Å². The molecule has 1 spiro atoms. The predicted molar refractivity (Wildman–Crippen MR) is 78.1 cm³/mol. The van der Waals surface area contributed by atoms with Gasteiger partial charge in [-0.1, -0.05) is 6.92 Å². The van der Waals surface area contributed by atoms with E-state index in [0.29, 0.717) is 17.9 Å². The zero-order valence-corrected chi connectivity index (χ0v) is 12.7. The summed E-state index contributed by atoms with van der Waals surface area (Å²) >= 11 is 0. The number of nitrogens with one attached hydrogen (secondary N) is 1. The smallest absolute Gasteiger partial charge is 0.222 e. The SMILES string of the molecule is CC1CC(C)C(C(N)=O)C(C2CCOC3(CCC3)C2)N1. The van der Waals surface area contributed by atoms with Crippen LogP contribution in [0.2, 0.25) is 0 Å². The Bertz CT molecular complexity index is 381. The average molecular weight is 280 g/mol. The number of nitrogens with two attached hydrogens (primary N) is 1. The van der Waals surface area contributed by atoms with E-state index in [0.717, 1.165) is 25.9 Å². The number of carbonyl (C=O) groups excluding carboxylic acids is 1. The molecule has 1 amide bonds. The first-order chi connectivity index (χ1) is 9.51. The Kier molecular flexibility index (Phi) is 3.80. The number of hydrogen-bond donors (Lipinski definition) is 2. The molecule has 1 saturated carbocycles. The molecule has 0 aromatic heterocycles. The molecule has 2 aliphatic heterocycles. The molecule has 3 N–H and O–H groups in total. The monoisotopic (exact) mass is 280 g/mol. The standard InChI is InChI=1S/C16H28N2O2/c1-10-8-11(2)18-14(13(10)15(17)19)12-4-7-20-16(9-12)5-3-6-16/h10-14,18H,3-9H2,1-2H3,(H2,17,19). The second-order valence-electron chi connectivity index (χ2n) is 7.37. The molecule has 4 heteroatoms. The molecule has 3 fully saturated rings. The lowest BCUT2D eigenvalue weighted by Gasteiger charge is -2.51. The maximum Gasteiger partial charge on any atom is 0.222 e. The Hall–Kier alpha value is -0.610. The molecule has 1 aliphatic carbocycles. The van der Waals surface area contributed by atoms with Gasteiger partial charge in [0.15, 0.2) is 0 Å². The van der Waals surface area contributed by atoms with Crippen molar-refractivity contribution in [2.45, 2.75) is 70.1 Å². The van der Waals surface area contributed by atoms with Crippen LogP contribution in [0.25, 0.3) is 0 Å². The molecule has 3 aliphatic rings. The highest BCUT2D eigenvalue weighted by Crippen LogP contribution is 2.46. The molecule has 0 aromatic carbocycles. The zero-order chi connectivity index (χ0) is 14.3. The van der Waals surface area contributed by atoms with Crippen LogP contribution in [0.3, 0.4) is 0 Å². The van der Waals surface area contributed by atoms with Crippen LogP contribution in [0, 0.1) is 17.8 Å². The minimum absolute atomic E-state index is 0.0218. The molecule has 20 heavy (non-hydrogen) atoms. The predicted octanol–water partition coefficient (Wildman–Crippen LogP) is 1.82. The van der Waals surface area contributed by atoms with E-state index >= 15 is 0 Å². The van der Waals surface area contributed by atoms with Gasteiger partial charge in [-0.3, -0.25) is 4.79 Å². The Balaban J connectivity index is 1.76. The molecule has 5 unspecified atom stereocenters. The third kappa shape index (κ3) is 2.48. The Labute approximate surface area is 121 Å². The maximum absolute atomic E-state index is 11.9. The Morgan fingerprint density at radius 1 is 1.35 bits per heavy atom. The summed E-state index contributed by atoms with van der Waals surface area (Å²) in [6.45, 7) is 5.24. The summed E-state index contributed by atoms with van der Waals surface area (Å²) in [4.78, 5) is 11.9. The van der Waals surface area contributed by atoms with E-state index in [1.807, 2.05) is 0 Å². The van der Waals surface area contributed by atoms with Crippen molar-refractivity contribution < 1.29 is 9.53 Å². The highest BCUT2D eigenvalue weighted by Gasteiger charge is 2.48. The van der Waals surface area contributed by atoms with E-state index < -0.39 is 0 Å². The average Bonchev–Trinajstić information content (AvgIpc) is 2.35. The second-order valence-corrected chi connectivity index (χ2v) is 7.37. The van der Waals surface area contributed by atoms with Gasteiger partial charge in [0.25, 0.3) is 0 Å². The number of carbonyl (C=O) groups is 1. The first-order valence-electron chi connectivity index (χ1n) is 8.20. The molecule has 0 aromatic rings. The van der Waals surface area contributed by atoms with Crippen molar-refractivity contribution in [3.05, 3.63) is 0 Å². The number of amides is 1. The van der Waals surface area contributed by atoms with Crippen molar-refractivity contribution >= 4 is 5.91 Å². The molecular formula is C16H28N2O2.